The van der Waals surface area contributed by atoms with Crippen molar-refractivity contribution in [3.63, 3.8) is 0 Å². The van der Waals surface area contributed by atoms with Gasteiger partial charge in [-0.3, -0.25) is 0 Å². The smallest absolute Gasteiger partial charge is 0.229 e. The van der Waals surface area contributed by atoms with Crippen molar-refractivity contribution in [2.24, 2.45) is 23.2 Å². The molecule has 10 heteroatoms. The molecular weight excluding hydrogens is 502 g/mol. The van der Waals surface area contributed by atoms with Gasteiger partial charge in [-0.05, 0) is 92.2 Å². The summed E-state index contributed by atoms with van der Waals surface area (Å²) in [5.41, 5.74) is 1.41. The van der Waals surface area contributed by atoms with E-state index < -0.39 is 9.84 Å². The normalized spacial score (nSPS) is 28.3. The van der Waals surface area contributed by atoms with Crippen LogP contribution in [-0.4, -0.2) is 34.3 Å². The Hall–Kier alpha value is -2.23. The molecule has 7 nitrogen and oxygen atoms in total. The fraction of sp³-hybridized carbons (Fsp3) is 0.480. The Kier molecular flexibility index (Phi) is 5.40. The van der Waals surface area contributed by atoms with E-state index in [1.165, 1.54) is 38.5 Å². The predicted octanol–water partition coefficient (Wildman–Crippen LogP) is 5.61. The molecule has 1 unspecified atom stereocenters. The topological polar surface area (TPSA) is 89.2 Å². The molecule has 0 saturated heterocycles. The molecule has 4 aliphatic rings. The first-order valence-electron chi connectivity index (χ1n) is 12.1. The SMILES string of the molecule is CC(Nc1nc2c(S(=O)(=O)c3ccccc3)nnn2c2ccsc12)C12CC3CC(CC(C3)C1)C2.Cl. The Labute approximate surface area is 214 Å². The number of hydrogen-bond acceptors (Lipinski definition) is 7. The summed E-state index contributed by atoms with van der Waals surface area (Å²) < 4.78 is 29.3. The zero-order valence-electron chi connectivity index (χ0n) is 19.4. The number of sulfone groups is 1. The third kappa shape index (κ3) is 3.49. The van der Waals surface area contributed by atoms with E-state index in [9.17, 15) is 8.42 Å². The van der Waals surface area contributed by atoms with E-state index in [2.05, 4.69) is 22.6 Å². The minimum Gasteiger partial charge on any atom is -0.366 e. The molecule has 1 atom stereocenters. The molecule has 184 valence electrons. The molecule has 8 rings (SSSR count). The fourth-order valence-corrected chi connectivity index (χ4v) is 9.45. The quantitative estimate of drug-likeness (QED) is 0.361. The summed E-state index contributed by atoms with van der Waals surface area (Å²) in [4.78, 5) is 5.05. The molecule has 3 aromatic heterocycles. The Balaban J connectivity index is 0.00000229. The molecule has 1 N–H and O–H groups in total. The lowest BCUT2D eigenvalue weighted by molar-refractivity contribution is -0.0602. The van der Waals surface area contributed by atoms with Gasteiger partial charge in [0, 0.05) is 6.04 Å². The molecule has 0 radical (unpaired) electrons. The highest BCUT2D eigenvalue weighted by atomic mass is 35.5. The summed E-state index contributed by atoms with van der Waals surface area (Å²) in [5, 5.41) is 13.9. The Morgan fingerprint density at radius 1 is 1.06 bits per heavy atom. The third-order valence-electron chi connectivity index (χ3n) is 8.59. The maximum absolute atomic E-state index is 13.4. The van der Waals surface area contributed by atoms with Gasteiger partial charge in [0.1, 0.15) is 5.82 Å². The largest absolute Gasteiger partial charge is 0.366 e. The number of aromatic nitrogens is 4. The molecule has 4 saturated carbocycles. The maximum atomic E-state index is 13.4. The average Bonchev–Trinajstić information content (AvgIpc) is 3.46. The van der Waals surface area contributed by atoms with Crippen molar-refractivity contribution >= 4 is 55.3 Å². The lowest BCUT2D eigenvalue weighted by atomic mass is 9.48. The fourth-order valence-electron chi connectivity index (χ4n) is 7.37. The first-order chi connectivity index (χ1) is 16.4. The molecule has 4 fully saturated rings. The lowest BCUT2D eigenvalue weighted by Gasteiger charge is -2.59. The van der Waals surface area contributed by atoms with E-state index >= 15 is 0 Å². The monoisotopic (exact) mass is 529 g/mol. The number of hydrogen-bond donors (Lipinski definition) is 1. The van der Waals surface area contributed by atoms with Crippen LogP contribution in [0.25, 0.3) is 15.9 Å². The van der Waals surface area contributed by atoms with Gasteiger partial charge in [-0.25, -0.2) is 13.4 Å². The van der Waals surface area contributed by atoms with Crippen LogP contribution in [0.2, 0.25) is 0 Å². The van der Waals surface area contributed by atoms with Gasteiger partial charge in [0.25, 0.3) is 0 Å². The second-order valence-electron chi connectivity index (χ2n) is 10.7. The van der Waals surface area contributed by atoms with Crippen LogP contribution in [0.15, 0.2) is 51.7 Å². The zero-order valence-corrected chi connectivity index (χ0v) is 21.9. The van der Waals surface area contributed by atoms with Crippen molar-refractivity contribution in [1.29, 1.82) is 0 Å². The van der Waals surface area contributed by atoms with Crippen LogP contribution in [0.1, 0.15) is 45.4 Å². The molecule has 3 heterocycles. The van der Waals surface area contributed by atoms with E-state index in [0.29, 0.717) is 5.41 Å². The Bertz CT molecular complexity index is 1480. The van der Waals surface area contributed by atoms with Crippen LogP contribution >= 0.6 is 23.7 Å². The number of nitrogens with zero attached hydrogens (tertiary/aromatic N) is 4. The number of anilines is 1. The summed E-state index contributed by atoms with van der Waals surface area (Å²) in [5.74, 6) is 3.35. The molecule has 1 aromatic carbocycles. The number of fused-ring (bicyclic) bond motifs is 3. The van der Waals surface area contributed by atoms with Crippen LogP contribution in [0.5, 0.6) is 0 Å². The van der Waals surface area contributed by atoms with E-state index in [1.807, 2.05) is 11.4 Å². The van der Waals surface area contributed by atoms with Crippen LogP contribution in [-0.2, 0) is 9.84 Å². The average molecular weight is 530 g/mol. The van der Waals surface area contributed by atoms with Gasteiger partial charge in [-0.1, -0.05) is 23.4 Å². The van der Waals surface area contributed by atoms with Crippen LogP contribution in [0.4, 0.5) is 5.82 Å². The molecular formula is C25H28ClN5O2S2. The molecule has 0 aliphatic heterocycles. The van der Waals surface area contributed by atoms with Gasteiger partial charge in [0.15, 0.2) is 5.65 Å². The summed E-state index contributed by atoms with van der Waals surface area (Å²) in [6, 6.07) is 10.6. The van der Waals surface area contributed by atoms with E-state index in [-0.39, 0.29) is 34.0 Å². The van der Waals surface area contributed by atoms with Crippen LogP contribution in [0, 0.1) is 23.2 Å². The van der Waals surface area contributed by atoms with Gasteiger partial charge in [0.2, 0.25) is 14.9 Å². The second kappa shape index (κ2) is 8.15. The maximum Gasteiger partial charge on any atom is 0.229 e. The highest BCUT2D eigenvalue weighted by Crippen LogP contribution is 2.61. The molecule has 35 heavy (non-hydrogen) atoms. The van der Waals surface area contributed by atoms with Gasteiger partial charge in [0.05, 0.1) is 15.1 Å². The van der Waals surface area contributed by atoms with Crippen molar-refractivity contribution in [3.8, 4) is 0 Å². The van der Waals surface area contributed by atoms with Crippen molar-refractivity contribution in [1.82, 2.24) is 19.8 Å². The number of benzene rings is 1. The molecule has 4 aliphatic carbocycles. The third-order valence-corrected chi connectivity index (χ3v) is 11.2. The summed E-state index contributed by atoms with van der Waals surface area (Å²) in [6.45, 7) is 2.30. The minimum atomic E-state index is -3.84. The Morgan fingerprint density at radius 2 is 1.71 bits per heavy atom. The Morgan fingerprint density at radius 3 is 2.37 bits per heavy atom. The van der Waals surface area contributed by atoms with Gasteiger partial charge < -0.3 is 5.32 Å². The van der Waals surface area contributed by atoms with E-state index in [4.69, 9.17) is 4.98 Å². The van der Waals surface area contributed by atoms with Crippen molar-refractivity contribution in [3.05, 3.63) is 41.8 Å². The van der Waals surface area contributed by atoms with Gasteiger partial charge in [-0.2, -0.15) is 4.52 Å². The van der Waals surface area contributed by atoms with Crippen LogP contribution in [0.3, 0.4) is 0 Å². The molecule has 4 bridgehead atoms. The van der Waals surface area contributed by atoms with Gasteiger partial charge >= 0.3 is 0 Å². The zero-order chi connectivity index (χ0) is 23.1. The number of thiophene rings is 1. The lowest BCUT2D eigenvalue weighted by Crippen LogP contribution is -2.53. The van der Waals surface area contributed by atoms with Crippen molar-refractivity contribution in [2.75, 3.05) is 5.32 Å². The van der Waals surface area contributed by atoms with Crippen molar-refractivity contribution in [2.45, 2.75) is 61.4 Å². The first-order valence-corrected chi connectivity index (χ1v) is 14.5. The minimum absolute atomic E-state index is 0. The summed E-state index contributed by atoms with van der Waals surface area (Å²) in [7, 11) is -3.84. The number of rotatable bonds is 5. The first kappa shape index (κ1) is 23.2. The second-order valence-corrected chi connectivity index (χ2v) is 13.5. The van der Waals surface area contributed by atoms with Crippen molar-refractivity contribution < 1.29 is 8.42 Å². The molecule has 0 spiro atoms. The number of nitrogens with one attached hydrogen (secondary N) is 1. The molecule has 0 amide bonds. The van der Waals surface area contributed by atoms with Gasteiger partial charge in [-0.15, -0.1) is 28.8 Å². The predicted molar refractivity (Wildman–Crippen MR) is 139 cm³/mol. The van der Waals surface area contributed by atoms with E-state index in [0.717, 1.165) is 33.8 Å². The highest BCUT2D eigenvalue weighted by Gasteiger charge is 2.53. The summed E-state index contributed by atoms with van der Waals surface area (Å²) in [6.07, 6.45) is 8.12. The summed E-state index contributed by atoms with van der Waals surface area (Å²) >= 11 is 1.60. The number of halogens is 1. The highest BCUT2D eigenvalue weighted by molar-refractivity contribution is 7.91. The standard InChI is InChI=1S/C25H27N5O2S2.ClH/c1-15(25-12-16-9-17(13-25)11-18(10-16)14-25)26-22-21-20(7-8-33-21)30-23(27-22)24(28-29-30)34(31,32)19-5-3-2-4-6-19;/h2-8,15-18H,9-14H2,1H3,(H,26,27);1H. The molecule has 4 aromatic rings. The van der Waals surface area contributed by atoms with E-state index in [1.54, 1.807) is 46.2 Å². The van der Waals surface area contributed by atoms with Crippen LogP contribution < -0.4 is 5.32 Å².